The third-order valence-electron chi connectivity index (χ3n) is 9.64. The van der Waals surface area contributed by atoms with E-state index in [4.69, 9.17) is 5.73 Å². The van der Waals surface area contributed by atoms with Crippen LogP contribution in [0.4, 0.5) is 0 Å². The number of aromatic hydroxyl groups is 1. The number of carboxylic acid groups (broad SMARTS) is 1. The molecule has 7 amide bonds. The van der Waals surface area contributed by atoms with Crippen LogP contribution in [0.15, 0.2) is 24.3 Å². The van der Waals surface area contributed by atoms with Gasteiger partial charge in [-0.05, 0) is 88.4 Å². The van der Waals surface area contributed by atoms with Gasteiger partial charge in [-0.15, -0.1) is 0 Å². The number of carbonyl (C=O) groups is 8. The van der Waals surface area contributed by atoms with Gasteiger partial charge in [0.1, 0.15) is 36.0 Å². The summed E-state index contributed by atoms with van der Waals surface area (Å²) in [5, 5.41) is 47.9. The highest BCUT2D eigenvalue weighted by Gasteiger charge is 2.35. The number of hydrogen-bond acceptors (Lipinski definition) is 11. The minimum absolute atomic E-state index is 0.0163. The van der Waals surface area contributed by atoms with Crippen LogP contribution in [0.1, 0.15) is 91.0 Å². The van der Waals surface area contributed by atoms with E-state index in [1.165, 1.54) is 19.1 Å². The van der Waals surface area contributed by atoms with Gasteiger partial charge in [0.25, 0.3) is 0 Å². The van der Waals surface area contributed by atoms with Gasteiger partial charge < -0.3 is 58.3 Å². The lowest BCUT2D eigenvalue weighted by molar-refractivity contribution is -0.144. The highest BCUT2D eigenvalue weighted by molar-refractivity contribution is 5.96. The first-order valence-corrected chi connectivity index (χ1v) is 19.9. The summed E-state index contributed by atoms with van der Waals surface area (Å²) in [6.07, 6.45) is 0.0632. The molecule has 1 heterocycles. The molecule has 19 heteroatoms. The SMILES string of the molecule is CC(C)[C@H](NC(=O)[C@@H]1CCC(=O)NCCC(=O)NCCCC[C@H](NC(=O)[C@H](CCCCN)NC(=O)[C@@H](C)Cc2ccc(O)cc2)C(=O)N[C@@H](C(C)O)C(=O)N1)C(=O)O. The molecule has 0 bridgehead atoms. The summed E-state index contributed by atoms with van der Waals surface area (Å²) in [5.41, 5.74) is 6.47. The number of nitrogens with one attached hydrogen (secondary N) is 7. The van der Waals surface area contributed by atoms with Crippen molar-refractivity contribution in [2.24, 2.45) is 17.6 Å². The molecule has 1 saturated heterocycles. The number of carboxylic acids is 1. The van der Waals surface area contributed by atoms with E-state index in [2.05, 4.69) is 37.2 Å². The van der Waals surface area contributed by atoms with Crippen LogP contribution < -0.4 is 43.0 Å². The number of aliphatic hydroxyl groups is 1. The minimum atomic E-state index is -1.67. The summed E-state index contributed by atoms with van der Waals surface area (Å²) < 4.78 is 0. The first-order chi connectivity index (χ1) is 27.4. The lowest BCUT2D eigenvalue weighted by Crippen LogP contribution is -2.61. The van der Waals surface area contributed by atoms with Crippen LogP contribution in [0, 0.1) is 11.8 Å². The molecule has 324 valence electrons. The number of phenols is 1. The third-order valence-corrected chi connectivity index (χ3v) is 9.64. The fourth-order valence-corrected chi connectivity index (χ4v) is 6.12. The van der Waals surface area contributed by atoms with Gasteiger partial charge in [0.05, 0.1) is 6.10 Å². The quantitative estimate of drug-likeness (QED) is 0.0934. The van der Waals surface area contributed by atoms with Crippen LogP contribution in [0.5, 0.6) is 5.75 Å². The number of aliphatic carboxylic acids is 1. The molecule has 1 aliphatic rings. The highest BCUT2D eigenvalue weighted by Crippen LogP contribution is 2.15. The predicted molar refractivity (Wildman–Crippen MR) is 211 cm³/mol. The topological polar surface area (TPSA) is 307 Å². The maximum Gasteiger partial charge on any atom is 0.326 e. The Morgan fingerprint density at radius 1 is 0.828 bits per heavy atom. The van der Waals surface area contributed by atoms with Crippen molar-refractivity contribution >= 4 is 47.3 Å². The number of hydrogen-bond donors (Lipinski definition) is 11. The van der Waals surface area contributed by atoms with Crippen LogP contribution in [-0.4, -0.2) is 119 Å². The van der Waals surface area contributed by atoms with Gasteiger partial charge in [0.15, 0.2) is 0 Å². The molecule has 0 spiro atoms. The highest BCUT2D eigenvalue weighted by atomic mass is 16.4. The zero-order valence-electron chi connectivity index (χ0n) is 33.8. The molecule has 58 heavy (non-hydrogen) atoms. The van der Waals surface area contributed by atoms with Crippen molar-refractivity contribution in [1.82, 2.24) is 37.2 Å². The monoisotopic (exact) mass is 818 g/mol. The molecule has 12 N–H and O–H groups in total. The number of nitrogens with two attached hydrogens (primary N) is 1. The number of phenolic OH excluding ortho intramolecular Hbond substituents is 1. The second-order valence-electron chi connectivity index (χ2n) is 15.0. The Bertz CT molecular complexity index is 1560. The lowest BCUT2D eigenvalue weighted by Gasteiger charge is -2.28. The van der Waals surface area contributed by atoms with Gasteiger partial charge >= 0.3 is 5.97 Å². The van der Waals surface area contributed by atoms with E-state index in [-0.39, 0.29) is 56.9 Å². The fourth-order valence-electron chi connectivity index (χ4n) is 6.12. The van der Waals surface area contributed by atoms with Crippen LogP contribution in [-0.2, 0) is 44.8 Å². The molecule has 1 unspecified atom stereocenters. The molecule has 0 aromatic heterocycles. The first-order valence-electron chi connectivity index (χ1n) is 19.9. The van der Waals surface area contributed by atoms with E-state index >= 15 is 0 Å². The van der Waals surface area contributed by atoms with Gasteiger partial charge in [0, 0.05) is 31.8 Å². The van der Waals surface area contributed by atoms with E-state index in [1.54, 1.807) is 32.9 Å². The van der Waals surface area contributed by atoms with Crippen molar-refractivity contribution in [3.63, 3.8) is 0 Å². The molecular weight excluding hydrogens is 756 g/mol. The lowest BCUT2D eigenvalue weighted by atomic mass is 9.99. The van der Waals surface area contributed by atoms with Gasteiger partial charge in [0.2, 0.25) is 41.4 Å². The standard InChI is InChI=1S/C39H62N8O11/c1-22(2)32(39(57)58)46-37(55)29-15-16-30(50)42-20-17-31(51)41-19-8-6-10-28(36(54)47-33(24(4)48)38(56)45-29)44-35(53)27(9-5-7-18-40)43-34(52)23(3)21-25-11-13-26(49)14-12-25/h11-14,22-24,27-29,32-33,48-49H,5-10,15-21,40H2,1-4H3,(H,41,51)(H,42,50)(H,43,52)(H,44,53)(H,45,56)(H,46,55)(H,47,54)(H,57,58)/t23-,24?,27-,28-,29-,32-,33-/m0/s1. The number of rotatable bonds is 15. The van der Waals surface area contributed by atoms with Crippen molar-refractivity contribution in [3.05, 3.63) is 29.8 Å². The Labute approximate surface area is 338 Å². The summed E-state index contributed by atoms with van der Waals surface area (Å²) in [4.78, 5) is 105. The zero-order chi connectivity index (χ0) is 43.4. The molecule has 2 rings (SSSR count). The molecule has 1 aromatic carbocycles. The van der Waals surface area contributed by atoms with E-state index in [0.717, 1.165) is 5.56 Å². The maximum absolute atomic E-state index is 13.9. The Morgan fingerprint density at radius 2 is 1.48 bits per heavy atom. The summed E-state index contributed by atoms with van der Waals surface area (Å²) in [6, 6.07) is -0.459. The number of amides is 7. The first kappa shape index (κ1) is 48.8. The molecular formula is C39H62N8O11. The second kappa shape index (κ2) is 25.1. The van der Waals surface area contributed by atoms with Crippen LogP contribution in [0.25, 0.3) is 0 Å². The van der Waals surface area contributed by atoms with Crippen molar-refractivity contribution in [1.29, 1.82) is 0 Å². The van der Waals surface area contributed by atoms with Gasteiger partial charge in [-0.1, -0.05) is 32.9 Å². The van der Waals surface area contributed by atoms with Crippen LogP contribution >= 0.6 is 0 Å². The van der Waals surface area contributed by atoms with Crippen LogP contribution in [0.3, 0.4) is 0 Å². The third kappa shape index (κ3) is 17.5. The maximum atomic E-state index is 13.9. The van der Waals surface area contributed by atoms with E-state index < -0.39 is 89.6 Å². The molecule has 19 nitrogen and oxygen atoms in total. The molecule has 0 aliphatic carbocycles. The van der Waals surface area contributed by atoms with Crippen molar-refractivity contribution in [2.75, 3.05) is 19.6 Å². The number of benzene rings is 1. The Morgan fingerprint density at radius 3 is 2.10 bits per heavy atom. The largest absolute Gasteiger partial charge is 0.508 e. The van der Waals surface area contributed by atoms with Crippen LogP contribution in [0.2, 0.25) is 0 Å². The average molecular weight is 819 g/mol. The Balaban J connectivity index is 2.38. The summed E-state index contributed by atoms with van der Waals surface area (Å²) >= 11 is 0. The second-order valence-corrected chi connectivity index (χ2v) is 15.0. The zero-order valence-corrected chi connectivity index (χ0v) is 33.8. The van der Waals surface area contributed by atoms with Crippen molar-refractivity contribution in [3.8, 4) is 5.75 Å². The number of carbonyl (C=O) groups excluding carboxylic acids is 7. The normalized spacial score (nSPS) is 21.2. The van der Waals surface area contributed by atoms with E-state index in [9.17, 15) is 53.7 Å². The Hall–Kier alpha value is -5.30. The fraction of sp³-hybridized carbons (Fsp3) is 0.641. The minimum Gasteiger partial charge on any atom is -0.508 e. The predicted octanol–water partition coefficient (Wildman–Crippen LogP) is -1.17. The van der Waals surface area contributed by atoms with Gasteiger partial charge in [-0.3, -0.25) is 33.6 Å². The van der Waals surface area contributed by atoms with Gasteiger partial charge in [-0.25, -0.2) is 4.79 Å². The summed E-state index contributed by atoms with van der Waals surface area (Å²) in [7, 11) is 0. The van der Waals surface area contributed by atoms with E-state index in [0.29, 0.717) is 38.6 Å². The number of unbranched alkanes of at least 4 members (excludes halogenated alkanes) is 1. The van der Waals surface area contributed by atoms with E-state index in [1.807, 2.05) is 0 Å². The van der Waals surface area contributed by atoms with Crippen molar-refractivity contribution < 1.29 is 53.7 Å². The summed E-state index contributed by atoms with van der Waals surface area (Å²) in [6.45, 7) is 6.59. The molecule has 0 saturated carbocycles. The summed E-state index contributed by atoms with van der Waals surface area (Å²) in [5.74, 6) is -7.17. The van der Waals surface area contributed by atoms with Gasteiger partial charge in [-0.2, -0.15) is 0 Å². The molecule has 0 radical (unpaired) electrons. The molecule has 7 atom stereocenters. The molecule has 1 fully saturated rings. The average Bonchev–Trinajstić information content (AvgIpc) is 3.16. The Kier molecular flexibility index (Phi) is 21.2. The van der Waals surface area contributed by atoms with Crippen molar-refractivity contribution in [2.45, 2.75) is 128 Å². The molecule has 1 aliphatic heterocycles. The smallest absolute Gasteiger partial charge is 0.326 e. The number of aliphatic hydroxyl groups excluding tert-OH is 1. The molecule has 1 aromatic rings.